The Morgan fingerprint density at radius 2 is 2.27 bits per heavy atom. The third-order valence-electron chi connectivity index (χ3n) is 2.04. The first kappa shape index (κ1) is 9.64. The molecule has 0 spiro atoms. The Hall–Kier alpha value is -1.91. The van der Waals surface area contributed by atoms with Crippen LogP contribution in [0.1, 0.15) is 12.6 Å². The van der Waals surface area contributed by atoms with Crippen molar-refractivity contribution in [1.29, 1.82) is 0 Å². The van der Waals surface area contributed by atoms with E-state index in [4.69, 9.17) is 4.74 Å². The molecule has 0 aliphatic heterocycles. The molecule has 0 saturated carbocycles. The Morgan fingerprint density at radius 3 is 2.93 bits per heavy atom. The second kappa shape index (κ2) is 4.08. The summed E-state index contributed by atoms with van der Waals surface area (Å²) in [7, 11) is 1.54. The van der Waals surface area contributed by atoms with Gasteiger partial charge in [-0.2, -0.15) is 10.1 Å². The van der Waals surface area contributed by atoms with Gasteiger partial charge in [0.1, 0.15) is 0 Å². The van der Waals surface area contributed by atoms with Gasteiger partial charge in [0.2, 0.25) is 0 Å². The van der Waals surface area contributed by atoms with E-state index in [-0.39, 0.29) is 0 Å². The number of aromatic nitrogens is 4. The number of rotatable bonds is 3. The molecule has 0 saturated heterocycles. The van der Waals surface area contributed by atoms with Gasteiger partial charge in [0.15, 0.2) is 5.82 Å². The Bertz CT molecular complexity index is 452. The molecule has 0 fully saturated rings. The molecule has 0 N–H and O–H groups in total. The zero-order valence-corrected chi connectivity index (χ0v) is 8.71. The van der Waals surface area contributed by atoms with Gasteiger partial charge in [0.25, 0.3) is 0 Å². The smallest absolute Gasteiger partial charge is 0.318 e. The van der Waals surface area contributed by atoms with Crippen LogP contribution in [-0.4, -0.2) is 26.9 Å². The minimum Gasteiger partial charge on any atom is -0.467 e. The van der Waals surface area contributed by atoms with E-state index in [1.807, 2.05) is 12.3 Å². The van der Waals surface area contributed by atoms with Crippen LogP contribution >= 0.6 is 0 Å². The quantitative estimate of drug-likeness (QED) is 0.754. The summed E-state index contributed by atoms with van der Waals surface area (Å²) in [4.78, 5) is 8.11. The lowest BCUT2D eigenvalue weighted by molar-refractivity contribution is 0.378. The summed E-state index contributed by atoms with van der Waals surface area (Å²) < 4.78 is 6.66. The summed E-state index contributed by atoms with van der Waals surface area (Å²) in [6, 6.07) is 4.10. The highest BCUT2D eigenvalue weighted by molar-refractivity contribution is 5.22. The second-order valence-corrected chi connectivity index (χ2v) is 3.01. The van der Waals surface area contributed by atoms with Gasteiger partial charge in [-0.1, -0.05) is 6.92 Å². The zero-order chi connectivity index (χ0) is 10.7. The molecule has 0 bridgehead atoms. The zero-order valence-electron chi connectivity index (χ0n) is 8.71. The summed E-state index contributed by atoms with van der Waals surface area (Å²) >= 11 is 0. The molecule has 0 aliphatic rings. The van der Waals surface area contributed by atoms with Crippen LogP contribution in [-0.2, 0) is 6.42 Å². The van der Waals surface area contributed by atoms with Gasteiger partial charge in [-0.3, -0.25) is 0 Å². The second-order valence-electron chi connectivity index (χ2n) is 3.01. The predicted molar refractivity (Wildman–Crippen MR) is 55.1 cm³/mol. The van der Waals surface area contributed by atoms with Crippen molar-refractivity contribution < 1.29 is 4.74 Å². The molecule has 2 heterocycles. The van der Waals surface area contributed by atoms with Gasteiger partial charge in [-0.25, -0.2) is 9.67 Å². The molecule has 0 unspecified atom stereocenters. The van der Waals surface area contributed by atoms with Crippen molar-refractivity contribution in [3.8, 4) is 11.8 Å². The van der Waals surface area contributed by atoms with Crippen LogP contribution in [0.2, 0.25) is 0 Å². The van der Waals surface area contributed by atoms with Crippen LogP contribution in [0.25, 0.3) is 5.82 Å². The van der Waals surface area contributed by atoms with Crippen molar-refractivity contribution >= 4 is 0 Å². The van der Waals surface area contributed by atoms with Crippen LogP contribution < -0.4 is 4.74 Å². The van der Waals surface area contributed by atoms with Crippen molar-refractivity contribution in [2.75, 3.05) is 7.11 Å². The van der Waals surface area contributed by atoms with Crippen LogP contribution in [0.15, 0.2) is 24.5 Å². The van der Waals surface area contributed by atoms with Crippen LogP contribution in [0.4, 0.5) is 0 Å². The first-order valence-electron chi connectivity index (χ1n) is 4.75. The molecule has 2 aromatic heterocycles. The Morgan fingerprint density at radius 1 is 1.40 bits per heavy atom. The van der Waals surface area contributed by atoms with Crippen molar-refractivity contribution in [3.05, 3.63) is 30.2 Å². The van der Waals surface area contributed by atoms with Crippen molar-refractivity contribution in [1.82, 2.24) is 19.7 Å². The van der Waals surface area contributed by atoms with E-state index in [1.165, 1.54) is 0 Å². The molecule has 2 rings (SSSR count). The maximum Gasteiger partial charge on any atom is 0.318 e. The SMILES string of the molecule is CCc1ccn(-c2ccnc(OC)n2)n1. The fourth-order valence-corrected chi connectivity index (χ4v) is 1.24. The number of hydrogen-bond donors (Lipinski definition) is 0. The first-order valence-corrected chi connectivity index (χ1v) is 4.75. The Kier molecular flexibility index (Phi) is 2.62. The molecule has 78 valence electrons. The number of hydrogen-bond acceptors (Lipinski definition) is 4. The molecule has 2 aromatic rings. The number of aryl methyl sites for hydroxylation is 1. The van der Waals surface area contributed by atoms with Gasteiger partial charge in [-0.05, 0) is 12.5 Å². The average Bonchev–Trinajstić information content (AvgIpc) is 2.78. The largest absolute Gasteiger partial charge is 0.467 e. The fraction of sp³-hybridized carbons (Fsp3) is 0.300. The predicted octanol–water partition coefficient (Wildman–Crippen LogP) is 1.23. The fourth-order valence-electron chi connectivity index (χ4n) is 1.24. The van der Waals surface area contributed by atoms with Crippen LogP contribution in [0, 0.1) is 0 Å². The highest BCUT2D eigenvalue weighted by Crippen LogP contribution is 2.07. The van der Waals surface area contributed by atoms with E-state index >= 15 is 0 Å². The van der Waals surface area contributed by atoms with E-state index in [0.717, 1.165) is 12.1 Å². The maximum atomic E-state index is 4.95. The summed E-state index contributed by atoms with van der Waals surface area (Å²) in [5.74, 6) is 0.710. The maximum absolute atomic E-state index is 4.95. The minimum absolute atomic E-state index is 0.348. The van der Waals surface area contributed by atoms with Crippen molar-refractivity contribution in [3.63, 3.8) is 0 Å². The van der Waals surface area contributed by atoms with Crippen LogP contribution in [0.5, 0.6) is 6.01 Å². The Labute approximate surface area is 87.7 Å². The number of nitrogens with zero attached hydrogens (tertiary/aromatic N) is 4. The van der Waals surface area contributed by atoms with Gasteiger partial charge in [0, 0.05) is 18.5 Å². The lowest BCUT2D eigenvalue weighted by atomic mass is 10.4. The van der Waals surface area contributed by atoms with E-state index in [9.17, 15) is 0 Å². The topological polar surface area (TPSA) is 52.8 Å². The molecule has 0 atom stereocenters. The highest BCUT2D eigenvalue weighted by atomic mass is 16.5. The molecule has 0 aromatic carbocycles. The summed E-state index contributed by atoms with van der Waals surface area (Å²) in [5, 5.41) is 4.35. The van der Waals surface area contributed by atoms with Gasteiger partial charge >= 0.3 is 6.01 Å². The molecule has 0 amide bonds. The summed E-state index contributed by atoms with van der Waals surface area (Å²) in [6.07, 6.45) is 4.43. The molecule has 0 radical (unpaired) electrons. The van der Waals surface area contributed by atoms with E-state index in [1.54, 1.807) is 24.1 Å². The van der Waals surface area contributed by atoms with Crippen LogP contribution in [0.3, 0.4) is 0 Å². The minimum atomic E-state index is 0.348. The molecule has 5 heteroatoms. The normalized spacial score (nSPS) is 10.3. The monoisotopic (exact) mass is 204 g/mol. The van der Waals surface area contributed by atoms with Gasteiger partial charge < -0.3 is 4.74 Å². The molecule has 0 aliphatic carbocycles. The standard InChI is InChI=1S/C10H12N4O/c1-3-8-5-7-14(13-8)9-4-6-11-10(12-9)15-2/h4-7H,3H2,1-2H3. The average molecular weight is 204 g/mol. The van der Waals surface area contributed by atoms with E-state index in [2.05, 4.69) is 22.0 Å². The molecular formula is C10H12N4O. The molecule has 5 nitrogen and oxygen atoms in total. The van der Waals surface area contributed by atoms with Gasteiger partial charge in [-0.15, -0.1) is 0 Å². The first-order chi connectivity index (χ1) is 7.33. The highest BCUT2D eigenvalue weighted by Gasteiger charge is 2.02. The van der Waals surface area contributed by atoms with E-state index in [0.29, 0.717) is 11.8 Å². The summed E-state index contributed by atoms with van der Waals surface area (Å²) in [6.45, 7) is 2.06. The van der Waals surface area contributed by atoms with Crippen molar-refractivity contribution in [2.24, 2.45) is 0 Å². The van der Waals surface area contributed by atoms with E-state index < -0.39 is 0 Å². The summed E-state index contributed by atoms with van der Waals surface area (Å²) in [5.41, 5.74) is 1.03. The molecular weight excluding hydrogens is 192 g/mol. The third-order valence-corrected chi connectivity index (χ3v) is 2.04. The lowest BCUT2D eigenvalue weighted by Gasteiger charge is -2.01. The van der Waals surface area contributed by atoms with Gasteiger partial charge in [0.05, 0.1) is 12.8 Å². The Balaban J connectivity index is 2.35. The molecule has 15 heavy (non-hydrogen) atoms. The third kappa shape index (κ3) is 1.96. The lowest BCUT2D eigenvalue weighted by Crippen LogP contribution is -2.01. The number of methoxy groups -OCH3 is 1. The van der Waals surface area contributed by atoms with Crippen molar-refractivity contribution in [2.45, 2.75) is 13.3 Å². The number of ether oxygens (including phenoxy) is 1.